The molecule has 1 amide bonds. The van der Waals surface area contributed by atoms with E-state index in [0.717, 1.165) is 7.11 Å². The quantitative estimate of drug-likeness (QED) is 0.771. The lowest BCUT2D eigenvalue weighted by molar-refractivity contribution is -0.150. The van der Waals surface area contributed by atoms with E-state index in [0.29, 0.717) is 5.02 Å². The lowest BCUT2D eigenvalue weighted by Gasteiger charge is -2.29. The molecule has 1 aromatic rings. The lowest BCUT2D eigenvalue weighted by Crippen LogP contribution is -2.57. The summed E-state index contributed by atoms with van der Waals surface area (Å²) in [5.41, 5.74) is -1.36. The zero-order valence-corrected chi connectivity index (χ0v) is 12.2. The van der Waals surface area contributed by atoms with Gasteiger partial charge in [-0.05, 0) is 30.7 Å². The number of methoxy groups -OCH3 is 1. The summed E-state index contributed by atoms with van der Waals surface area (Å²) in [5.74, 6) is -1.37. The summed E-state index contributed by atoms with van der Waals surface area (Å²) in [6.45, 7) is -0.666. The van der Waals surface area contributed by atoms with E-state index in [1.165, 1.54) is 24.3 Å². The van der Waals surface area contributed by atoms with Crippen molar-refractivity contribution in [1.29, 1.82) is 5.26 Å². The normalized spacial score (nSPS) is 12.9. The van der Waals surface area contributed by atoms with E-state index in [2.05, 4.69) is 10.1 Å². The van der Waals surface area contributed by atoms with Crippen molar-refractivity contribution in [2.45, 2.75) is 18.4 Å². The van der Waals surface area contributed by atoms with E-state index < -0.39 is 24.0 Å². The van der Waals surface area contributed by atoms with Crippen LogP contribution in [-0.4, -0.2) is 36.2 Å². The number of esters is 1. The molecule has 0 aliphatic heterocycles. The van der Waals surface area contributed by atoms with Gasteiger partial charge < -0.3 is 15.2 Å². The maximum atomic E-state index is 12.2. The van der Waals surface area contributed by atoms with Gasteiger partial charge in [0.1, 0.15) is 0 Å². The summed E-state index contributed by atoms with van der Waals surface area (Å²) in [6.07, 6.45) is -0.0669. The Bertz CT molecular complexity index is 553. The standard InChI is InChI=1S/C14H15ClN2O4/c1-21-13(20)14(9-18,7-2-8-16)17-12(19)10-3-5-11(15)6-4-10/h3-6,18H,2,7,9H2,1H3,(H,17,19)/t14-/m0/s1. The molecule has 0 saturated heterocycles. The summed E-state index contributed by atoms with van der Waals surface area (Å²) < 4.78 is 4.62. The highest BCUT2D eigenvalue weighted by molar-refractivity contribution is 6.30. The SMILES string of the molecule is COC(=O)[C@@](CO)(CCC#N)NC(=O)c1ccc(Cl)cc1. The summed E-state index contributed by atoms with van der Waals surface area (Å²) >= 11 is 5.74. The van der Waals surface area contributed by atoms with Crippen LogP contribution in [0.3, 0.4) is 0 Å². The van der Waals surface area contributed by atoms with Gasteiger partial charge in [-0.25, -0.2) is 4.79 Å². The Labute approximate surface area is 127 Å². The largest absolute Gasteiger partial charge is 0.467 e. The highest BCUT2D eigenvalue weighted by atomic mass is 35.5. The van der Waals surface area contributed by atoms with Crippen LogP contribution in [0.4, 0.5) is 0 Å². The summed E-state index contributed by atoms with van der Waals surface area (Å²) in [7, 11) is 1.15. The van der Waals surface area contributed by atoms with Crippen molar-refractivity contribution >= 4 is 23.5 Å². The third kappa shape index (κ3) is 4.18. The molecule has 0 fully saturated rings. The van der Waals surface area contributed by atoms with Gasteiger partial charge >= 0.3 is 5.97 Å². The average molecular weight is 311 g/mol. The Balaban J connectivity index is 2.99. The van der Waals surface area contributed by atoms with Crippen LogP contribution in [0.5, 0.6) is 0 Å². The molecule has 1 atom stereocenters. The molecule has 2 N–H and O–H groups in total. The number of ether oxygens (including phenoxy) is 1. The number of hydrogen-bond acceptors (Lipinski definition) is 5. The van der Waals surface area contributed by atoms with E-state index in [-0.39, 0.29) is 18.4 Å². The van der Waals surface area contributed by atoms with Crippen LogP contribution in [0, 0.1) is 11.3 Å². The molecule has 0 heterocycles. The van der Waals surface area contributed by atoms with Crippen molar-refractivity contribution in [2.75, 3.05) is 13.7 Å². The fourth-order valence-electron chi connectivity index (χ4n) is 1.75. The third-order valence-corrected chi connectivity index (χ3v) is 3.22. The molecule has 1 rings (SSSR count). The molecule has 0 saturated carbocycles. The number of carbonyl (C=O) groups is 2. The highest BCUT2D eigenvalue weighted by Crippen LogP contribution is 2.17. The number of nitrogens with zero attached hydrogens (tertiary/aromatic N) is 1. The number of amides is 1. The molecule has 0 aliphatic rings. The average Bonchev–Trinajstić information content (AvgIpc) is 2.51. The second-order valence-corrected chi connectivity index (χ2v) is 4.79. The van der Waals surface area contributed by atoms with Crippen molar-refractivity contribution in [3.63, 3.8) is 0 Å². The molecule has 0 radical (unpaired) electrons. The van der Waals surface area contributed by atoms with Crippen molar-refractivity contribution in [1.82, 2.24) is 5.32 Å². The molecule has 1 aromatic carbocycles. The fraction of sp³-hybridized carbons (Fsp3) is 0.357. The summed E-state index contributed by atoms with van der Waals surface area (Å²) in [6, 6.07) is 7.91. The van der Waals surface area contributed by atoms with Gasteiger partial charge in [-0.15, -0.1) is 0 Å². The molecule has 6 nitrogen and oxygen atoms in total. The molecule has 21 heavy (non-hydrogen) atoms. The first-order chi connectivity index (χ1) is 9.99. The second-order valence-electron chi connectivity index (χ2n) is 4.35. The number of halogens is 1. The number of nitrogens with one attached hydrogen (secondary N) is 1. The van der Waals surface area contributed by atoms with Gasteiger partial charge in [-0.3, -0.25) is 4.79 Å². The van der Waals surface area contributed by atoms with Crippen LogP contribution in [0.25, 0.3) is 0 Å². The van der Waals surface area contributed by atoms with E-state index >= 15 is 0 Å². The van der Waals surface area contributed by atoms with Gasteiger partial charge in [0, 0.05) is 17.0 Å². The maximum absolute atomic E-state index is 12.2. The minimum atomic E-state index is -1.64. The summed E-state index contributed by atoms with van der Waals surface area (Å²) in [4.78, 5) is 24.0. The Morgan fingerprint density at radius 1 is 1.43 bits per heavy atom. The Morgan fingerprint density at radius 3 is 2.52 bits per heavy atom. The predicted octanol–water partition coefficient (Wildman–Crippen LogP) is 1.28. The van der Waals surface area contributed by atoms with Gasteiger partial charge in [-0.1, -0.05) is 11.6 Å². The molecule has 0 bridgehead atoms. The summed E-state index contributed by atoms with van der Waals surface area (Å²) in [5, 5.41) is 21.1. The van der Waals surface area contributed by atoms with Gasteiger partial charge in [0.25, 0.3) is 5.91 Å². The third-order valence-electron chi connectivity index (χ3n) is 2.97. The topological polar surface area (TPSA) is 99.4 Å². The highest BCUT2D eigenvalue weighted by Gasteiger charge is 2.40. The van der Waals surface area contributed by atoms with Gasteiger partial charge in [-0.2, -0.15) is 5.26 Å². The molecular formula is C14H15ClN2O4. The minimum Gasteiger partial charge on any atom is -0.467 e. The number of hydrogen-bond donors (Lipinski definition) is 2. The Hall–Kier alpha value is -2.10. The first kappa shape index (κ1) is 17.0. The predicted molar refractivity (Wildman–Crippen MR) is 75.6 cm³/mol. The molecule has 0 aliphatic carbocycles. The van der Waals surface area contributed by atoms with Crippen molar-refractivity contribution in [2.24, 2.45) is 0 Å². The van der Waals surface area contributed by atoms with Crippen molar-refractivity contribution in [3.8, 4) is 6.07 Å². The Morgan fingerprint density at radius 2 is 2.05 bits per heavy atom. The van der Waals surface area contributed by atoms with Gasteiger partial charge in [0.15, 0.2) is 5.54 Å². The molecular weight excluding hydrogens is 296 g/mol. The number of benzene rings is 1. The van der Waals surface area contributed by atoms with Gasteiger partial charge in [0.05, 0.1) is 19.8 Å². The zero-order chi connectivity index (χ0) is 15.9. The van der Waals surface area contributed by atoms with E-state index in [1.807, 2.05) is 6.07 Å². The molecule has 7 heteroatoms. The van der Waals surface area contributed by atoms with E-state index in [1.54, 1.807) is 0 Å². The maximum Gasteiger partial charge on any atom is 0.334 e. The van der Waals surface area contributed by atoms with Crippen molar-refractivity contribution in [3.05, 3.63) is 34.9 Å². The second kappa shape index (κ2) is 7.62. The molecule has 0 spiro atoms. The monoisotopic (exact) mass is 310 g/mol. The van der Waals surface area contributed by atoms with Crippen LogP contribution in [0.1, 0.15) is 23.2 Å². The number of aliphatic hydroxyl groups excluding tert-OH is 1. The number of rotatable bonds is 6. The van der Waals surface area contributed by atoms with Crippen LogP contribution in [-0.2, 0) is 9.53 Å². The molecule has 0 aromatic heterocycles. The van der Waals surface area contributed by atoms with Crippen LogP contribution in [0.2, 0.25) is 5.02 Å². The first-order valence-corrected chi connectivity index (χ1v) is 6.51. The molecule has 0 unspecified atom stereocenters. The van der Waals surface area contributed by atoms with Crippen LogP contribution < -0.4 is 5.32 Å². The lowest BCUT2D eigenvalue weighted by atomic mass is 9.94. The van der Waals surface area contributed by atoms with Crippen LogP contribution >= 0.6 is 11.6 Å². The number of carbonyl (C=O) groups excluding carboxylic acids is 2. The first-order valence-electron chi connectivity index (χ1n) is 6.13. The number of aliphatic hydroxyl groups is 1. The minimum absolute atomic E-state index is 0.0173. The Kier molecular flexibility index (Phi) is 6.15. The fourth-order valence-corrected chi connectivity index (χ4v) is 1.88. The van der Waals surface area contributed by atoms with E-state index in [9.17, 15) is 14.7 Å². The van der Waals surface area contributed by atoms with E-state index in [4.69, 9.17) is 16.9 Å². The molecule has 112 valence electrons. The number of nitriles is 1. The van der Waals surface area contributed by atoms with Crippen LogP contribution in [0.15, 0.2) is 24.3 Å². The smallest absolute Gasteiger partial charge is 0.334 e. The zero-order valence-electron chi connectivity index (χ0n) is 11.4. The van der Waals surface area contributed by atoms with Gasteiger partial charge in [0.2, 0.25) is 0 Å². The van der Waals surface area contributed by atoms with Crippen molar-refractivity contribution < 1.29 is 19.4 Å².